The fourth-order valence-electron chi connectivity index (χ4n) is 3.63. The fourth-order valence-corrected chi connectivity index (χ4v) is 5.11. The van der Waals surface area contributed by atoms with Gasteiger partial charge in [-0.05, 0) is 54.8 Å². The predicted octanol–water partition coefficient (Wildman–Crippen LogP) is 4.51. The fraction of sp³-hybridized carbons (Fsp3) is 0.259. The first-order chi connectivity index (χ1) is 17.8. The maximum atomic E-state index is 13.9. The zero-order chi connectivity index (χ0) is 26.8. The minimum Gasteiger partial charge on any atom is -0.497 e. The van der Waals surface area contributed by atoms with Crippen molar-refractivity contribution in [1.82, 2.24) is 0 Å². The van der Waals surface area contributed by atoms with Crippen LogP contribution in [0.3, 0.4) is 0 Å². The largest absolute Gasteiger partial charge is 0.497 e. The molecule has 0 atom stereocenters. The molecule has 1 N–H and O–H groups in total. The molecule has 196 valence electrons. The topological polar surface area (TPSA) is 119 Å². The number of benzene rings is 3. The van der Waals surface area contributed by atoms with Gasteiger partial charge < -0.3 is 19.3 Å². The van der Waals surface area contributed by atoms with Crippen LogP contribution in [0, 0.1) is 0 Å². The summed E-state index contributed by atoms with van der Waals surface area (Å²) in [5.41, 5.74) is 0.353. The van der Waals surface area contributed by atoms with E-state index < -0.39 is 16.0 Å². The quantitative estimate of drug-likeness (QED) is 0.255. The van der Waals surface area contributed by atoms with Crippen LogP contribution in [0.1, 0.15) is 35.2 Å². The van der Waals surface area contributed by atoms with Gasteiger partial charge in [-0.1, -0.05) is 36.4 Å². The van der Waals surface area contributed by atoms with Gasteiger partial charge in [-0.2, -0.15) is 0 Å². The van der Waals surface area contributed by atoms with E-state index in [2.05, 4.69) is 4.74 Å². The van der Waals surface area contributed by atoms with Crippen LogP contribution >= 0.6 is 0 Å². The zero-order valence-electron chi connectivity index (χ0n) is 20.6. The van der Waals surface area contributed by atoms with Crippen molar-refractivity contribution in [2.45, 2.75) is 30.7 Å². The van der Waals surface area contributed by atoms with Crippen LogP contribution in [0.4, 0.5) is 5.69 Å². The molecule has 0 aliphatic rings. The summed E-state index contributed by atoms with van der Waals surface area (Å²) in [4.78, 5) is 23.5. The number of rotatable bonds is 13. The molecule has 0 bridgehead atoms. The summed E-state index contributed by atoms with van der Waals surface area (Å²) in [5.74, 6) is -1.05. The van der Waals surface area contributed by atoms with E-state index in [1.807, 2.05) is 0 Å². The SMILES string of the molecule is COC(=O)CCCCOc1cccc(C(=O)O)c1N(Cc1ccccc1)S(=O)(=O)c1ccc(OC)cc1. The Labute approximate surface area is 216 Å². The Morgan fingerprint density at radius 1 is 0.892 bits per heavy atom. The Kier molecular flexibility index (Phi) is 9.51. The molecule has 37 heavy (non-hydrogen) atoms. The number of methoxy groups -OCH3 is 2. The average molecular weight is 528 g/mol. The Morgan fingerprint density at radius 3 is 2.22 bits per heavy atom. The van der Waals surface area contributed by atoms with Gasteiger partial charge in [0.15, 0.2) is 0 Å². The lowest BCUT2D eigenvalue weighted by Gasteiger charge is -2.28. The van der Waals surface area contributed by atoms with Gasteiger partial charge in [0.2, 0.25) is 0 Å². The molecule has 0 aliphatic carbocycles. The van der Waals surface area contributed by atoms with E-state index in [0.29, 0.717) is 24.2 Å². The molecular formula is C27H29NO8S. The molecular weight excluding hydrogens is 498 g/mol. The summed E-state index contributed by atoms with van der Waals surface area (Å²) in [6, 6.07) is 19.1. The zero-order valence-corrected chi connectivity index (χ0v) is 21.4. The number of carbonyl (C=O) groups excluding carboxylic acids is 1. The summed E-state index contributed by atoms with van der Waals surface area (Å²) in [6.07, 6.45) is 1.20. The van der Waals surface area contributed by atoms with Crippen molar-refractivity contribution in [2.75, 3.05) is 25.1 Å². The number of carbonyl (C=O) groups is 2. The van der Waals surface area contributed by atoms with Gasteiger partial charge in [0.25, 0.3) is 10.0 Å². The number of hydrogen-bond acceptors (Lipinski definition) is 7. The van der Waals surface area contributed by atoms with Crippen LogP contribution in [0.15, 0.2) is 77.7 Å². The first-order valence-electron chi connectivity index (χ1n) is 11.5. The van der Waals surface area contributed by atoms with Crippen LogP contribution in [-0.4, -0.2) is 46.3 Å². The number of anilines is 1. The molecule has 0 unspecified atom stereocenters. The van der Waals surface area contributed by atoms with Crippen LogP contribution in [-0.2, 0) is 26.1 Å². The second-order valence-electron chi connectivity index (χ2n) is 8.01. The van der Waals surface area contributed by atoms with Gasteiger partial charge in [-0.15, -0.1) is 0 Å². The highest BCUT2D eigenvalue weighted by molar-refractivity contribution is 7.92. The van der Waals surface area contributed by atoms with E-state index in [0.717, 1.165) is 4.31 Å². The molecule has 3 aromatic carbocycles. The van der Waals surface area contributed by atoms with E-state index in [-0.39, 0.29) is 47.4 Å². The summed E-state index contributed by atoms with van der Waals surface area (Å²) >= 11 is 0. The lowest BCUT2D eigenvalue weighted by molar-refractivity contribution is -0.140. The molecule has 0 aromatic heterocycles. The maximum absolute atomic E-state index is 13.9. The Morgan fingerprint density at radius 2 is 1.59 bits per heavy atom. The Hall–Kier alpha value is -4.05. The second kappa shape index (κ2) is 12.8. The van der Waals surface area contributed by atoms with E-state index in [9.17, 15) is 23.1 Å². The van der Waals surface area contributed by atoms with Crippen LogP contribution < -0.4 is 13.8 Å². The van der Waals surface area contributed by atoms with Gasteiger partial charge in [-0.25, -0.2) is 13.2 Å². The normalized spacial score (nSPS) is 11.0. The molecule has 0 radical (unpaired) electrons. The second-order valence-corrected chi connectivity index (χ2v) is 9.87. The number of carboxylic acid groups (broad SMARTS) is 1. The summed E-state index contributed by atoms with van der Waals surface area (Å²) in [6.45, 7) is 0.0209. The molecule has 0 saturated carbocycles. The van der Waals surface area contributed by atoms with E-state index in [1.54, 1.807) is 30.3 Å². The van der Waals surface area contributed by atoms with Gasteiger partial charge in [0.1, 0.15) is 17.2 Å². The number of para-hydroxylation sites is 1. The molecule has 0 amide bonds. The van der Waals surface area contributed by atoms with E-state index in [1.165, 1.54) is 56.7 Å². The third-order valence-electron chi connectivity index (χ3n) is 5.56. The van der Waals surface area contributed by atoms with E-state index in [4.69, 9.17) is 9.47 Å². The summed E-state index contributed by atoms with van der Waals surface area (Å²) in [5, 5.41) is 9.96. The third kappa shape index (κ3) is 7.01. The average Bonchev–Trinajstić information content (AvgIpc) is 2.91. The highest BCUT2D eigenvalue weighted by atomic mass is 32.2. The Balaban J connectivity index is 2.05. The number of hydrogen-bond donors (Lipinski definition) is 1. The van der Waals surface area contributed by atoms with Crippen molar-refractivity contribution in [2.24, 2.45) is 0 Å². The van der Waals surface area contributed by atoms with Crippen LogP contribution in [0.25, 0.3) is 0 Å². The maximum Gasteiger partial charge on any atom is 0.337 e. The highest BCUT2D eigenvalue weighted by Crippen LogP contribution is 2.38. The highest BCUT2D eigenvalue weighted by Gasteiger charge is 2.31. The lowest BCUT2D eigenvalue weighted by Crippen LogP contribution is -2.32. The van der Waals surface area contributed by atoms with Crippen molar-refractivity contribution >= 4 is 27.6 Å². The van der Waals surface area contributed by atoms with E-state index >= 15 is 0 Å². The minimum atomic E-state index is -4.23. The van der Waals surface area contributed by atoms with Gasteiger partial charge >= 0.3 is 11.9 Å². The van der Waals surface area contributed by atoms with Crippen molar-refractivity contribution in [3.63, 3.8) is 0 Å². The number of unbranched alkanes of at least 4 members (excludes halogenated alkanes) is 1. The molecule has 0 aliphatic heterocycles. The molecule has 9 nitrogen and oxygen atoms in total. The number of nitrogens with zero attached hydrogens (tertiary/aromatic N) is 1. The lowest BCUT2D eigenvalue weighted by atomic mass is 10.1. The van der Waals surface area contributed by atoms with Crippen LogP contribution in [0.2, 0.25) is 0 Å². The van der Waals surface area contributed by atoms with Crippen molar-refractivity contribution < 1.29 is 37.3 Å². The molecule has 0 spiro atoms. The van der Waals surface area contributed by atoms with Crippen molar-refractivity contribution in [1.29, 1.82) is 0 Å². The summed E-state index contributed by atoms with van der Waals surface area (Å²) in [7, 11) is -1.44. The molecule has 0 saturated heterocycles. The molecule has 0 heterocycles. The van der Waals surface area contributed by atoms with Crippen molar-refractivity contribution in [3.05, 3.63) is 83.9 Å². The van der Waals surface area contributed by atoms with Gasteiger partial charge in [0.05, 0.1) is 37.8 Å². The number of ether oxygens (including phenoxy) is 3. The van der Waals surface area contributed by atoms with Gasteiger partial charge in [0, 0.05) is 6.42 Å². The molecule has 3 aromatic rings. The Bertz CT molecular complexity index is 1310. The predicted molar refractivity (Wildman–Crippen MR) is 138 cm³/mol. The molecule has 3 rings (SSSR count). The minimum absolute atomic E-state index is 0.0338. The number of carboxylic acids is 1. The smallest absolute Gasteiger partial charge is 0.337 e. The van der Waals surface area contributed by atoms with Gasteiger partial charge in [-0.3, -0.25) is 9.10 Å². The number of sulfonamides is 1. The molecule has 10 heteroatoms. The molecule has 0 fully saturated rings. The monoisotopic (exact) mass is 527 g/mol. The van der Waals surface area contributed by atoms with Crippen LogP contribution in [0.5, 0.6) is 11.5 Å². The van der Waals surface area contributed by atoms with Crippen molar-refractivity contribution in [3.8, 4) is 11.5 Å². The number of aromatic carboxylic acids is 1. The standard InChI is InChI=1S/C27H29NO8S/c1-34-21-14-16-22(17-15-21)37(32,33)28(19-20-9-4-3-5-10-20)26-23(27(30)31)11-8-12-24(26)36-18-7-6-13-25(29)35-2/h3-5,8-12,14-17H,6-7,13,18-19H2,1-2H3,(H,30,31). The first-order valence-corrected chi connectivity index (χ1v) is 13.0. The summed E-state index contributed by atoms with van der Waals surface area (Å²) < 4.78 is 44.6. The number of esters is 1. The third-order valence-corrected chi connectivity index (χ3v) is 7.32. The first kappa shape index (κ1) is 27.5.